The van der Waals surface area contributed by atoms with Crippen molar-refractivity contribution in [1.82, 2.24) is 0 Å². The fourth-order valence-corrected chi connectivity index (χ4v) is 4.89. The van der Waals surface area contributed by atoms with Gasteiger partial charge in [0.1, 0.15) is 0 Å². The minimum atomic E-state index is -3.70. The molecular formula is C14H17Cl4NO2S2. The van der Waals surface area contributed by atoms with Crippen LogP contribution in [0.3, 0.4) is 0 Å². The molecule has 3 nitrogen and oxygen atoms in total. The highest BCUT2D eigenvalue weighted by Gasteiger charge is 2.39. The number of nitrogens with zero attached hydrogens (tertiary/aromatic N) is 1. The molecule has 0 amide bonds. The molecule has 0 saturated heterocycles. The van der Waals surface area contributed by atoms with Gasteiger partial charge in [0.05, 0.1) is 11.4 Å². The summed E-state index contributed by atoms with van der Waals surface area (Å²) in [5, 5.41) is 0. The maximum atomic E-state index is 12.6. The number of rotatable bonds is 9. The highest BCUT2D eigenvalue weighted by Crippen LogP contribution is 2.46. The number of hydrogen-bond acceptors (Lipinski definition) is 3. The molecule has 0 aromatic heterocycles. The van der Waals surface area contributed by atoms with Crippen molar-refractivity contribution in [2.45, 2.75) is 28.3 Å². The molecule has 0 saturated carbocycles. The van der Waals surface area contributed by atoms with E-state index < -0.39 is 18.5 Å². The maximum Gasteiger partial charge on any atom is 0.248 e. The molecular weight excluding hydrogens is 420 g/mol. The van der Waals surface area contributed by atoms with Gasteiger partial charge in [-0.05, 0) is 18.6 Å². The molecule has 0 radical (unpaired) electrons. The summed E-state index contributed by atoms with van der Waals surface area (Å²) >= 11 is 24.2. The van der Waals surface area contributed by atoms with Crippen molar-refractivity contribution in [3.05, 3.63) is 42.5 Å². The summed E-state index contributed by atoms with van der Waals surface area (Å²) in [5.74, 6) is -0.173. The van der Waals surface area contributed by atoms with Crippen molar-refractivity contribution in [1.29, 1.82) is 0 Å². The van der Waals surface area contributed by atoms with Crippen LogP contribution < -0.4 is 3.71 Å². The second-order valence-electron chi connectivity index (χ2n) is 4.56. The number of hydrogen-bond donors (Lipinski definition) is 0. The molecule has 130 valence electrons. The van der Waals surface area contributed by atoms with E-state index in [-0.39, 0.29) is 5.75 Å². The zero-order valence-electron chi connectivity index (χ0n) is 12.3. The fourth-order valence-electron chi connectivity index (χ4n) is 1.51. The average molecular weight is 437 g/mol. The van der Waals surface area contributed by atoms with Gasteiger partial charge in [-0.25, -0.2) is 12.1 Å². The Balaban J connectivity index is 3.09. The number of unbranched alkanes of at least 4 members (excludes halogenated alkanes) is 1. The normalized spacial score (nSPS) is 13.0. The van der Waals surface area contributed by atoms with Crippen molar-refractivity contribution >= 4 is 74.1 Å². The first-order valence-corrected chi connectivity index (χ1v) is 10.8. The van der Waals surface area contributed by atoms with E-state index in [0.29, 0.717) is 17.6 Å². The molecule has 0 N–H and O–H groups in total. The molecule has 0 aliphatic rings. The summed E-state index contributed by atoms with van der Waals surface area (Å²) in [6.07, 6.45) is 5.19. The number of sulfonamides is 1. The van der Waals surface area contributed by atoms with Crippen LogP contribution in [-0.2, 0) is 10.0 Å². The SMILES string of the molecule is CCC/C=C/CS(=O)(=O)N(SC(Cl)(Cl)C(Cl)Cl)c1ccccc1. The van der Waals surface area contributed by atoms with Crippen molar-refractivity contribution < 1.29 is 8.42 Å². The lowest BCUT2D eigenvalue weighted by Gasteiger charge is -2.29. The fraction of sp³-hybridized carbons (Fsp3) is 0.429. The van der Waals surface area contributed by atoms with Crippen LogP contribution in [0.5, 0.6) is 0 Å². The molecule has 1 rings (SSSR count). The van der Waals surface area contributed by atoms with Gasteiger partial charge in [0.25, 0.3) is 0 Å². The lowest BCUT2D eigenvalue weighted by atomic mass is 10.3. The van der Waals surface area contributed by atoms with E-state index in [2.05, 4.69) is 0 Å². The van der Waals surface area contributed by atoms with Crippen molar-refractivity contribution in [3.8, 4) is 0 Å². The van der Waals surface area contributed by atoms with Crippen LogP contribution in [0.2, 0.25) is 0 Å². The summed E-state index contributed by atoms with van der Waals surface area (Å²) < 4.78 is 24.6. The standard InChI is InChI=1S/C14H17Cl4NO2S2/c1-2-3-4-8-11-23(20,21)19(12-9-6-5-7-10-12)22-14(17,18)13(15)16/h4-10,13H,2-3,11H2,1H3/b8-4+. The summed E-state index contributed by atoms with van der Waals surface area (Å²) in [4.78, 5) is -1.17. The Morgan fingerprint density at radius 1 is 1.22 bits per heavy atom. The molecule has 9 heteroatoms. The minimum absolute atomic E-state index is 0.173. The van der Waals surface area contributed by atoms with Crippen LogP contribution in [0.15, 0.2) is 42.5 Å². The summed E-state index contributed by atoms with van der Waals surface area (Å²) in [6.45, 7) is 2.02. The van der Waals surface area contributed by atoms with Gasteiger partial charge in [-0.3, -0.25) is 0 Å². The van der Waals surface area contributed by atoms with Crippen molar-refractivity contribution in [3.63, 3.8) is 0 Å². The quantitative estimate of drug-likeness (QED) is 0.280. The molecule has 0 aliphatic heterocycles. The number of anilines is 1. The molecule has 0 bridgehead atoms. The van der Waals surface area contributed by atoms with Gasteiger partial charge in [-0.2, -0.15) is 0 Å². The van der Waals surface area contributed by atoms with E-state index in [1.165, 1.54) is 0 Å². The second kappa shape index (κ2) is 9.64. The number of halogens is 4. The van der Waals surface area contributed by atoms with Crippen LogP contribution in [0, 0.1) is 0 Å². The zero-order chi connectivity index (χ0) is 17.5. The molecule has 0 aliphatic carbocycles. The molecule has 23 heavy (non-hydrogen) atoms. The predicted octanol–water partition coefficient (Wildman–Crippen LogP) is 5.76. The molecule has 0 fully saturated rings. The lowest BCUT2D eigenvalue weighted by Crippen LogP contribution is -2.32. The number of allylic oxidation sites excluding steroid dienone is 1. The predicted molar refractivity (Wildman–Crippen MR) is 104 cm³/mol. The largest absolute Gasteiger partial charge is 0.248 e. The number of para-hydroxylation sites is 1. The van der Waals surface area contributed by atoms with E-state index in [0.717, 1.165) is 16.6 Å². The molecule has 1 aromatic rings. The van der Waals surface area contributed by atoms with Gasteiger partial charge in [-0.15, -0.1) is 23.2 Å². The van der Waals surface area contributed by atoms with Crippen molar-refractivity contribution in [2.24, 2.45) is 0 Å². The van der Waals surface area contributed by atoms with Gasteiger partial charge < -0.3 is 0 Å². The second-order valence-corrected chi connectivity index (χ2v) is 10.8. The van der Waals surface area contributed by atoms with E-state index in [4.69, 9.17) is 46.4 Å². The van der Waals surface area contributed by atoms with Crippen LogP contribution in [0.25, 0.3) is 0 Å². The van der Waals surface area contributed by atoms with Crippen LogP contribution >= 0.6 is 58.4 Å². The Labute approximate surface area is 162 Å². The molecule has 0 heterocycles. The molecule has 0 spiro atoms. The monoisotopic (exact) mass is 435 g/mol. The van der Waals surface area contributed by atoms with Gasteiger partial charge in [0.2, 0.25) is 13.7 Å². The van der Waals surface area contributed by atoms with E-state index >= 15 is 0 Å². The molecule has 1 aromatic carbocycles. The first kappa shape index (κ1) is 21.3. The van der Waals surface area contributed by atoms with Gasteiger partial charge in [0.15, 0.2) is 4.84 Å². The first-order chi connectivity index (χ1) is 10.7. The van der Waals surface area contributed by atoms with Gasteiger partial charge in [-0.1, -0.05) is 66.9 Å². The van der Waals surface area contributed by atoms with E-state index in [9.17, 15) is 8.42 Å². The Hall–Kier alpha value is 0.220. The van der Waals surface area contributed by atoms with E-state index in [1.54, 1.807) is 36.4 Å². The Morgan fingerprint density at radius 3 is 2.35 bits per heavy atom. The maximum absolute atomic E-state index is 12.6. The highest BCUT2D eigenvalue weighted by molar-refractivity contribution is 8.16. The average Bonchev–Trinajstić information content (AvgIpc) is 2.50. The van der Waals surface area contributed by atoms with Crippen LogP contribution in [0.1, 0.15) is 19.8 Å². The molecule has 0 atom stereocenters. The summed E-state index contributed by atoms with van der Waals surface area (Å²) in [5.41, 5.74) is 0.418. The zero-order valence-corrected chi connectivity index (χ0v) is 17.0. The van der Waals surface area contributed by atoms with E-state index in [1.807, 2.05) is 13.0 Å². The summed E-state index contributed by atoms with van der Waals surface area (Å²) in [7, 11) is -3.70. The topological polar surface area (TPSA) is 37.4 Å². The minimum Gasteiger partial charge on any atom is -0.208 e. The Bertz CT molecular complexity index is 606. The lowest BCUT2D eigenvalue weighted by molar-refractivity contribution is 0.601. The Morgan fingerprint density at radius 2 is 1.83 bits per heavy atom. The third-order valence-corrected chi connectivity index (χ3v) is 7.91. The molecule has 0 unspecified atom stereocenters. The first-order valence-electron chi connectivity index (χ1n) is 6.79. The smallest absolute Gasteiger partial charge is 0.208 e. The van der Waals surface area contributed by atoms with Gasteiger partial charge in [0, 0.05) is 11.9 Å². The van der Waals surface area contributed by atoms with Crippen LogP contribution in [-0.4, -0.2) is 22.7 Å². The number of benzene rings is 1. The van der Waals surface area contributed by atoms with Crippen LogP contribution in [0.4, 0.5) is 5.69 Å². The summed E-state index contributed by atoms with van der Waals surface area (Å²) in [6, 6.07) is 8.49. The highest BCUT2D eigenvalue weighted by atomic mass is 35.5. The van der Waals surface area contributed by atoms with Gasteiger partial charge >= 0.3 is 0 Å². The van der Waals surface area contributed by atoms with Crippen molar-refractivity contribution in [2.75, 3.05) is 9.46 Å². The Kier molecular flexibility index (Phi) is 8.91. The third kappa shape index (κ3) is 6.92. The third-order valence-electron chi connectivity index (χ3n) is 2.61. The number of alkyl halides is 4.